The lowest BCUT2D eigenvalue weighted by atomic mass is 10.0. The van der Waals surface area contributed by atoms with Gasteiger partial charge in [0.1, 0.15) is 30.1 Å². The Bertz CT molecular complexity index is 1470. The van der Waals surface area contributed by atoms with E-state index < -0.39 is 29.0 Å². The molecule has 2 aromatic rings. The first kappa shape index (κ1) is 27.9. The van der Waals surface area contributed by atoms with Crippen molar-refractivity contribution in [2.24, 2.45) is 12.2 Å². The van der Waals surface area contributed by atoms with Gasteiger partial charge in [-0.05, 0) is 12.5 Å². The largest absolute Gasteiger partial charge is 0.398 e. The molecule has 0 aromatic carbocycles. The number of rotatable bonds is 9. The third-order valence-electron chi connectivity index (χ3n) is 5.47. The van der Waals surface area contributed by atoms with Gasteiger partial charge in [0.05, 0.1) is 0 Å². The van der Waals surface area contributed by atoms with E-state index in [1.807, 2.05) is 6.92 Å². The molecule has 3 amide bonds. The number of hydrogen-bond acceptors (Lipinski definition) is 12. The summed E-state index contributed by atoms with van der Waals surface area (Å²) in [6.07, 6.45) is 0. The minimum atomic E-state index is -0.865. The van der Waals surface area contributed by atoms with Crippen molar-refractivity contribution in [2.75, 3.05) is 29.8 Å². The van der Waals surface area contributed by atoms with Crippen LogP contribution in [0.3, 0.4) is 0 Å². The summed E-state index contributed by atoms with van der Waals surface area (Å²) in [4.78, 5) is 74.9. The standard InChI is InChI=1S/C20H21ClN8O6S3/c1-8-9(6-38-20-25-15(32)16(33)26-28(20)2)5-36-18-13(17(34)29(8)18)24-14(31)12(27-35-3)10-7-37-19(22-10)23-11(30)4-21/h7,13,18H,4-6H2,1-3H3,(H,24,31)(H,26,33)(H,22,23,30)/b27-12+. The first-order valence-electron chi connectivity index (χ1n) is 10.8. The van der Waals surface area contributed by atoms with E-state index >= 15 is 0 Å². The molecule has 2 atom stereocenters. The number of halogens is 1. The van der Waals surface area contributed by atoms with Gasteiger partial charge in [0.2, 0.25) is 5.91 Å². The summed E-state index contributed by atoms with van der Waals surface area (Å²) in [7, 11) is 2.86. The van der Waals surface area contributed by atoms with Gasteiger partial charge >= 0.3 is 11.1 Å². The first-order valence-corrected chi connectivity index (χ1v) is 14.3. The number of thiazole rings is 1. The molecule has 0 aliphatic carbocycles. The van der Waals surface area contributed by atoms with Crippen molar-refractivity contribution in [1.82, 2.24) is 30.0 Å². The van der Waals surface area contributed by atoms with Gasteiger partial charge in [0.15, 0.2) is 16.0 Å². The van der Waals surface area contributed by atoms with E-state index in [1.165, 1.54) is 40.7 Å². The molecule has 18 heteroatoms. The van der Waals surface area contributed by atoms with Crippen molar-refractivity contribution in [3.05, 3.63) is 43.1 Å². The number of nitrogens with zero attached hydrogens (tertiary/aromatic N) is 5. The number of aromatic amines is 1. The summed E-state index contributed by atoms with van der Waals surface area (Å²) in [5, 5.41) is 13.2. The molecule has 38 heavy (non-hydrogen) atoms. The average Bonchev–Trinajstić information content (AvgIpc) is 3.34. The van der Waals surface area contributed by atoms with Crippen LogP contribution in [0.25, 0.3) is 0 Å². The number of thioether (sulfide) groups is 2. The SMILES string of the molecule is CO/N=C(/C(=O)NC1C(=O)N2C(C)=C(CSc3nc(=O)c(=O)[nH]n3C)CSC12)c1csc(NC(=O)CCl)n1. The van der Waals surface area contributed by atoms with Gasteiger partial charge in [0.25, 0.3) is 11.8 Å². The molecule has 3 N–H and O–H groups in total. The molecule has 2 aliphatic heterocycles. The van der Waals surface area contributed by atoms with E-state index in [4.69, 9.17) is 16.4 Å². The zero-order valence-corrected chi connectivity index (χ0v) is 23.3. The molecular formula is C20H21ClN8O6S3. The number of allylic oxidation sites excluding steroid dienone is 1. The van der Waals surface area contributed by atoms with Crippen LogP contribution in [0, 0.1) is 0 Å². The fourth-order valence-corrected chi connectivity index (χ4v) is 6.95. The monoisotopic (exact) mass is 600 g/mol. The fraction of sp³-hybridized carbons (Fsp3) is 0.400. The highest BCUT2D eigenvalue weighted by atomic mass is 35.5. The van der Waals surface area contributed by atoms with Crippen LogP contribution >= 0.6 is 46.5 Å². The number of aryl methyl sites for hydroxylation is 1. The van der Waals surface area contributed by atoms with E-state index in [2.05, 4.69) is 30.9 Å². The summed E-state index contributed by atoms with van der Waals surface area (Å²) in [5.74, 6) is -0.584. The van der Waals surface area contributed by atoms with E-state index in [0.29, 0.717) is 16.7 Å². The van der Waals surface area contributed by atoms with Crippen molar-refractivity contribution in [1.29, 1.82) is 0 Å². The van der Waals surface area contributed by atoms with Crippen LogP contribution in [0.1, 0.15) is 12.6 Å². The molecule has 14 nitrogen and oxygen atoms in total. The molecule has 202 valence electrons. The second-order valence-corrected chi connectivity index (χ2v) is 11.1. The van der Waals surface area contributed by atoms with Gasteiger partial charge in [-0.2, -0.15) is 4.98 Å². The highest BCUT2D eigenvalue weighted by Gasteiger charge is 2.51. The molecule has 1 fully saturated rings. The van der Waals surface area contributed by atoms with E-state index in [0.717, 1.165) is 22.6 Å². The number of hydrogen-bond donors (Lipinski definition) is 3. The lowest BCUT2D eigenvalue weighted by Gasteiger charge is -2.50. The number of carbonyl (C=O) groups excluding carboxylic acids is 3. The van der Waals surface area contributed by atoms with E-state index in [1.54, 1.807) is 11.9 Å². The topological polar surface area (TPSA) is 181 Å². The normalized spacial score (nSPS) is 19.1. The van der Waals surface area contributed by atoms with Crippen molar-refractivity contribution in [3.63, 3.8) is 0 Å². The lowest BCUT2D eigenvalue weighted by molar-refractivity contribution is -0.145. The number of anilines is 1. The van der Waals surface area contributed by atoms with Crippen molar-refractivity contribution >= 4 is 75.0 Å². The second-order valence-electron chi connectivity index (χ2n) is 7.88. The number of fused-ring (bicyclic) bond motifs is 1. The number of alkyl halides is 1. The molecular weight excluding hydrogens is 580 g/mol. The number of nitrogens with one attached hydrogen (secondary N) is 3. The van der Waals surface area contributed by atoms with Crippen LogP contribution in [0.4, 0.5) is 5.13 Å². The lowest BCUT2D eigenvalue weighted by Crippen LogP contribution is -2.70. The molecule has 2 aromatic heterocycles. The van der Waals surface area contributed by atoms with Crippen molar-refractivity contribution in [3.8, 4) is 0 Å². The number of amides is 3. The van der Waals surface area contributed by atoms with Gasteiger partial charge in [-0.3, -0.25) is 38.7 Å². The molecule has 0 radical (unpaired) electrons. The molecule has 4 heterocycles. The van der Waals surface area contributed by atoms with Crippen LogP contribution in [0.5, 0.6) is 0 Å². The molecule has 2 aliphatic rings. The molecule has 4 rings (SSSR count). The second kappa shape index (κ2) is 11.7. The maximum atomic E-state index is 13.0. The number of carbonyl (C=O) groups is 3. The smallest absolute Gasteiger partial charge is 0.339 e. The maximum absolute atomic E-state index is 13.0. The minimum absolute atomic E-state index is 0.148. The Labute approximate surface area is 232 Å². The summed E-state index contributed by atoms with van der Waals surface area (Å²) in [6.45, 7) is 1.82. The van der Waals surface area contributed by atoms with Crippen molar-refractivity contribution in [2.45, 2.75) is 23.5 Å². The van der Waals surface area contributed by atoms with Crippen molar-refractivity contribution < 1.29 is 19.2 Å². The Hall–Kier alpha value is -3.15. The predicted molar refractivity (Wildman–Crippen MR) is 144 cm³/mol. The van der Waals surface area contributed by atoms with Crippen LogP contribution in [-0.4, -0.2) is 84.0 Å². The fourth-order valence-electron chi connectivity index (χ4n) is 3.57. The van der Waals surface area contributed by atoms with Crippen LogP contribution < -0.4 is 21.8 Å². The van der Waals surface area contributed by atoms with Gasteiger partial charge in [-0.15, -0.1) is 34.7 Å². The van der Waals surface area contributed by atoms with Gasteiger partial charge in [-0.25, -0.2) is 4.98 Å². The zero-order valence-electron chi connectivity index (χ0n) is 20.1. The van der Waals surface area contributed by atoms with Gasteiger partial charge in [0, 0.05) is 29.6 Å². The molecule has 0 bridgehead atoms. The Kier molecular flexibility index (Phi) is 8.59. The third-order valence-corrected chi connectivity index (χ3v) is 8.92. The molecule has 0 spiro atoms. The summed E-state index contributed by atoms with van der Waals surface area (Å²) in [6, 6.07) is -0.783. The molecule has 2 unspecified atom stereocenters. The van der Waals surface area contributed by atoms with Crippen LogP contribution in [0.2, 0.25) is 0 Å². The van der Waals surface area contributed by atoms with E-state index in [9.17, 15) is 24.0 Å². The quantitative estimate of drug-likeness (QED) is 0.0879. The maximum Gasteiger partial charge on any atom is 0.339 e. The Morgan fingerprint density at radius 2 is 2.11 bits per heavy atom. The Balaban J connectivity index is 1.42. The summed E-state index contributed by atoms with van der Waals surface area (Å²) >= 11 is 9.33. The minimum Gasteiger partial charge on any atom is -0.398 e. The van der Waals surface area contributed by atoms with E-state index in [-0.39, 0.29) is 33.7 Å². The predicted octanol–water partition coefficient (Wildman–Crippen LogP) is -0.0809. The highest BCUT2D eigenvalue weighted by Crippen LogP contribution is 2.41. The number of oxime groups is 1. The van der Waals surface area contributed by atoms with Crippen LogP contribution in [0.15, 0.2) is 36.6 Å². The average molecular weight is 601 g/mol. The number of aromatic nitrogens is 4. The Morgan fingerprint density at radius 1 is 1.34 bits per heavy atom. The third kappa shape index (κ3) is 5.64. The number of β-lactam (4-membered cyclic amide) rings is 1. The van der Waals surface area contributed by atoms with Gasteiger partial charge < -0.3 is 15.5 Å². The highest BCUT2D eigenvalue weighted by molar-refractivity contribution is 8.01. The van der Waals surface area contributed by atoms with Crippen LogP contribution in [-0.2, 0) is 26.3 Å². The molecule has 1 saturated heterocycles. The summed E-state index contributed by atoms with van der Waals surface area (Å²) in [5.41, 5.74) is 0.0812. The summed E-state index contributed by atoms with van der Waals surface area (Å²) < 4.78 is 1.37. The molecule has 0 saturated carbocycles. The van der Waals surface area contributed by atoms with Gasteiger partial charge in [-0.1, -0.05) is 16.9 Å². The zero-order chi connectivity index (χ0) is 27.6. The Morgan fingerprint density at radius 3 is 2.82 bits per heavy atom. The first-order chi connectivity index (χ1) is 18.1. The number of H-pyrrole nitrogens is 1.